The number of hydrogen-bond donors (Lipinski definition) is 0. The van der Waals surface area contributed by atoms with Gasteiger partial charge in [0.1, 0.15) is 0 Å². The van der Waals surface area contributed by atoms with Gasteiger partial charge in [0, 0.05) is 0 Å². The molecule has 4 nitrogen and oxygen atoms in total. The average Bonchev–Trinajstić information content (AvgIpc) is 2.64. The molecule has 0 N–H and O–H groups in total. The van der Waals surface area contributed by atoms with Crippen LogP contribution in [0.15, 0.2) is 101 Å². The molecule has 0 heterocycles. The van der Waals surface area contributed by atoms with E-state index < -0.39 is 24.3 Å². The summed E-state index contributed by atoms with van der Waals surface area (Å²) in [5.41, 5.74) is 0.218. The third kappa shape index (κ3) is 3.36. The fourth-order valence-electron chi connectivity index (χ4n) is 2.60. The Labute approximate surface area is 147 Å². The van der Waals surface area contributed by atoms with Crippen molar-refractivity contribution in [1.29, 1.82) is 0 Å². The van der Waals surface area contributed by atoms with Gasteiger partial charge in [-0.05, 0) is 29.8 Å². The van der Waals surface area contributed by atoms with Crippen LogP contribution in [0.3, 0.4) is 0 Å². The zero-order chi connectivity index (χ0) is 17.9. The Hall–Kier alpha value is -2.44. The second-order valence-electron chi connectivity index (χ2n) is 5.46. The lowest BCUT2D eigenvalue weighted by molar-refractivity contribution is 0.576. The first kappa shape index (κ1) is 17.4. The summed E-state index contributed by atoms with van der Waals surface area (Å²) in [6.45, 7) is 0. The van der Waals surface area contributed by atoms with E-state index >= 15 is 0 Å². The third-order valence-corrected chi connectivity index (χ3v) is 8.83. The van der Waals surface area contributed by atoms with Crippen molar-refractivity contribution in [3.05, 3.63) is 96.6 Å². The van der Waals surface area contributed by atoms with Crippen molar-refractivity contribution in [1.82, 2.24) is 0 Å². The van der Waals surface area contributed by atoms with Crippen molar-refractivity contribution in [2.24, 2.45) is 0 Å². The Morgan fingerprint density at radius 1 is 0.480 bits per heavy atom. The molecule has 0 spiro atoms. The lowest BCUT2D eigenvalue weighted by Gasteiger charge is -2.19. The van der Waals surface area contributed by atoms with Crippen LogP contribution in [0.4, 0.5) is 0 Å². The molecule has 3 rings (SSSR count). The lowest BCUT2D eigenvalue weighted by Crippen LogP contribution is -2.23. The minimum Gasteiger partial charge on any atom is -0.222 e. The van der Waals surface area contributed by atoms with Crippen molar-refractivity contribution in [2.45, 2.75) is 14.4 Å². The van der Waals surface area contributed by atoms with Crippen molar-refractivity contribution < 1.29 is 16.8 Å². The van der Waals surface area contributed by atoms with Crippen molar-refractivity contribution in [2.75, 3.05) is 0 Å². The predicted molar refractivity (Wildman–Crippen MR) is 96.4 cm³/mol. The molecule has 0 aliphatic rings. The fraction of sp³-hybridized carbons (Fsp3) is 0.0526. The lowest BCUT2D eigenvalue weighted by atomic mass is 10.2. The number of sulfone groups is 2. The van der Waals surface area contributed by atoms with Crippen molar-refractivity contribution in [3.63, 3.8) is 0 Å². The molecule has 25 heavy (non-hydrogen) atoms. The van der Waals surface area contributed by atoms with Gasteiger partial charge in [0.05, 0.1) is 9.79 Å². The highest BCUT2D eigenvalue weighted by Gasteiger charge is 2.41. The van der Waals surface area contributed by atoms with E-state index in [1.807, 2.05) is 0 Å². The summed E-state index contributed by atoms with van der Waals surface area (Å²) < 4.78 is 51.0. The predicted octanol–water partition coefficient (Wildman–Crippen LogP) is 3.63. The van der Waals surface area contributed by atoms with E-state index in [0.29, 0.717) is 0 Å². The Kier molecular flexibility index (Phi) is 4.74. The summed E-state index contributed by atoms with van der Waals surface area (Å²) in [6.07, 6.45) is 0. The van der Waals surface area contributed by atoms with E-state index in [-0.39, 0.29) is 15.4 Å². The van der Waals surface area contributed by atoms with E-state index in [4.69, 9.17) is 0 Å². The molecular weight excluding hydrogens is 356 g/mol. The summed E-state index contributed by atoms with van der Waals surface area (Å²) >= 11 is 0. The van der Waals surface area contributed by atoms with E-state index in [0.717, 1.165) is 0 Å². The van der Waals surface area contributed by atoms with E-state index in [2.05, 4.69) is 0 Å². The topological polar surface area (TPSA) is 68.3 Å². The Balaban J connectivity index is 2.26. The maximum absolute atomic E-state index is 13.2. The van der Waals surface area contributed by atoms with Gasteiger partial charge in [0.15, 0.2) is 24.3 Å². The number of hydrogen-bond acceptors (Lipinski definition) is 4. The summed E-state index contributed by atoms with van der Waals surface area (Å²) in [7, 11) is -8.30. The monoisotopic (exact) mass is 372 g/mol. The first-order valence-corrected chi connectivity index (χ1v) is 10.7. The molecule has 0 saturated heterocycles. The maximum atomic E-state index is 13.2. The largest absolute Gasteiger partial charge is 0.222 e. The zero-order valence-electron chi connectivity index (χ0n) is 13.2. The van der Waals surface area contributed by atoms with Crippen LogP contribution >= 0.6 is 0 Å². The van der Waals surface area contributed by atoms with Gasteiger partial charge < -0.3 is 0 Å². The highest BCUT2D eigenvalue weighted by atomic mass is 32.3. The Morgan fingerprint density at radius 3 is 1.16 bits per heavy atom. The molecule has 128 valence electrons. The molecule has 0 radical (unpaired) electrons. The molecule has 3 aromatic carbocycles. The number of rotatable bonds is 5. The second-order valence-corrected chi connectivity index (χ2v) is 9.82. The normalized spacial score (nSPS) is 12.2. The first-order valence-electron chi connectivity index (χ1n) is 7.57. The van der Waals surface area contributed by atoms with Crippen LogP contribution in [0, 0.1) is 0 Å². The summed E-state index contributed by atoms with van der Waals surface area (Å²) in [5, 5.41) is 0. The molecule has 6 heteroatoms. The third-order valence-electron chi connectivity index (χ3n) is 3.78. The molecule has 0 atom stereocenters. The van der Waals surface area contributed by atoms with Gasteiger partial charge >= 0.3 is 0 Å². The van der Waals surface area contributed by atoms with E-state index in [9.17, 15) is 16.8 Å². The summed E-state index contributed by atoms with van der Waals surface area (Å²) in [5.74, 6) is 0. The van der Waals surface area contributed by atoms with Gasteiger partial charge in [-0.15, -0.1) is 0 Å². The summed E-state index contributed by atoms with van der Waals surface area (Å²) in [6, 6.07) is 23.3. The Morgan fingerprint density at radius 2 is 0.800 bits per heavy atom. The average molecular weight is 372 g/mol. The molecular formula is C19H16O4S2. The molecule has 0 fully saturated rings. The van der Waals surface area contributed by atoms with Crippen LogP contribution in [0.25, 0.3) is 0 Å². The van der Waals surface area contributed by atoms with Crippen LogP contribution in [0.1, 0.15) is 10.1 Å². The molecule has 0 amide bonds. The van der Waals surface area contributed by atoms with Crippen molar-refractivity contribution in [3.8, 4) is 0 Å². The SMILES string of the molecule is O=S(=O)(c1ccccc1)C(c1ccccc1)S(=O)(=O)c1ccccc1. The van der Waals surface area contributed by atoms with E-state index in [1.54, 1.807) is 54.6 Å². The van der Waals surface area contributed by atoms with Gasteiger partial charge in [0.25, 0.3) is 0 Å². The molecule has 0 bridgehead atoms. The van der Waals surface area contributed by atoms with Gasteiger partial charge in [-0.2, -0.15) is 0 Å². The number of benzene rings is 3. The highest BCUT2D eigenvalue weighted by molar-refractivity contribution is 8.08. The van der Waals surface area contributed by atoms with Crippen molar-refractivity contribution >= 4 is 19.7 Å². The molecule has 0 unspecified atom stereocenters. The van der Waals surface area contributed by atoms with E-state index in [1.165, 1.54) is 36.4 Å². The quantitative estimate of drug-likeness (QED) is 0.686. The standard InChI is InChI=1S/C19H16O4S2/c20-24(21,17-12-6-2-7-13-17)19(16-10-4-1-5-11-16)25(22,23)18-14-8-3-9-15-18/h1-15,19H. The van der Waals surface area contributed by atoms with Crippen LogP contribution in [0.2, 0.25) is 0 Å². The highest BCUT2D eigenvalue weighted by Crippen LogP contribution is 2.37. The second kappa shape index (κ2) is 6.82. The fourth-order valence-corrected chi connectivity index (χ4v) is 7.20. The zero-order valence-corrected chi connectivity index (χ0v) is 14.8. The van der Waals surface area contributed by atoms with Crippen LogP contribution in [-0.4, -0.2) is 16.8 Å². The molecule has 0 aliphatic heterocycles. The molecule has 3 aromatic rings. The van der Waals surface area contributed by atoms with Gasteiger partial charge in [-0.1, -0.05) is 66.7 Å². The molecule has 0 saturated carbocycles. The minimum atomic E-state index is -4.15. The van der Waals surface area contributed by atoms with Crippen LogP contribution in [-0.2, 0) is 19.7 Å². The minimum absolute atomic E-state index is 0.0247. The van der Waals surface area contributed by atoms with Gasteiger partial charge in [0.2, 0.25) is 0 Å². The smallest absolute Gasteiger partial charge is 0.200 e. The first-order chi connectivity index (χ1) is 11.9. The van der Waals surface area contributed by atoms with Gasteiger partial charge in [-0.25, -0.2) is 16.8 Å². The van der Waals surface area contributed by atoms with Gasteiger partial charge in [-0.3, -0.25) is 0 Å². The van der Waals surface area contributed by atoms with Crippen LogP contribution in [0.5, 0.6) is 0 Å². The maximum Gasteiger partial charge on any atom is 0.200 e. The Bertz CT molecular complexity index is 975. The molecule has 0 aliphatic carbocycles. The summed E-state index contributed by atoms with van der Waals surface area (Å²) in [4.78, 5) is -0.0493. The van der Waals surface area contributed by atoms with Crippen LogP contribution < -0.4 is 0 Å². The molecule has 0 aromatic heterocycles.